The standard InChI is InChI=1S/C10H13NO2/c1-7-5-4-6-10(11-7)8(2)13-9(3)12/h4-6,8H,1-3H3/t8-/m0/s1. The maximum Gasteiger partial charge on any atom is 0.303 e. The van der Waals surface area contributed by atoms with E-state index < -0.39 is 0 Å². The SMILES string of the molecule is CC(=O)O[C@@H](C)c1cccc(C)n1. The zero-order chi connectivity index (χ0) is 9.84. The summed E-state index contributed by atoms with van der Waals surface area (Å²) >= 11 is 0. The van der Waals surface area contributed by atoms with Crippen molar-refractivity contribution in [3.05, 3.63) is 29.6 Å². The number of carbonyl (C=O) groups is 1. The smallest absolute Gasteiger partial charge is 0.303 e. The Morgan fingerprint density at radius 1 is 1.54 bits per heavy atom. The van der Waals surface area contributed by atoms with Gasteiger partial charge in [0.15, 0.2) is 0 Å². The largest absolute Gasteiger partial charge is 0.456 e. The highest BCUT2D eigenvalue weighted by molar-refractivity contribution is 5.66. The van der Waals surface area contributed by atoms with Crippen molar-refractivity contribution in [3.63, 3.8) is 0 Å². The van der Waals surface area contributed by atoms with Gasteiger partial charge in [-0.2, -0.15) is 0 Å². The molecule has 1 rings (SSSR count). The second-order valence-corrected chi connectivity index (χ2v) is 2.96. The molecule has 1 aromatic rings. The number of aryl methyl sites for hydroxylation is 1. The van der Waals surface area contributed by atoms with Gasteiger partial charge >= 0.3 is 5.97 Å². The second-order valence-electron chi connectivity index (χ2n) is 2.96. The maximum atomic E-state index is 10.7. The predicted molar refractivity (Wildman–Crippen MR) is 49.2 cm³/mol. The molecule has 0 aliphatic heterocycles. The van der Waals surface area contributed by atoms with E-state index in [9.17, 15) is 4.79 Å². The minimum Gasteiger partial charge on any atom is -0.456 e. The number of aromatic nitrogens is 1. The van der Waals surface area contributed by atoms with Gasteiger partial charge in [-0.3, -0.25) is 9.78 Å². The first-order valence-corrected chi connectivity index (χ1v) is 4.20. The Balaban J connectivity index is 2.76. The highest BCUT2D eigenvalue weighted by atomic mass is 16.5. The molecular weight excluding hydrogens is 166 g/mol. The fourth-order valence-electron chi connectivity index (χ4n) is 1.10. The summed E-state index contributed by atoms with van der Waals surface area (Å²) in [7, 11) is 0. The fraction of sp³-hybridized carbons (Fsp3) is 0.400. The van der Waals surface area contributed by atoms with E-state index in [1.807, 2.05) is 32.0 Å². The second kappa shape index (κ2) is 4.03. The summed E-state index contributed by atoms with van der Waals surface area (Å²) in [5, 5.41) is 0. The van der Waals surface area contributed by atoms with Crippen LogP contribution in [-0.2, 0) is 9.53 Å². The highest BCUT2D eigenvalue weighted by Crippen LogP contribution is 2.14. The molecule has 0 saturated heterocycles. The molecule has 13 heavy (non-hydrogen) atoms. The molecule has 1 aromatic heterocycles. The molecule has 0 saturated carbocycles. The van der Waals surface area contributed by atoms with Gasteiger partial charge in [0.05, 0.1) is 5.69 Å². The van der Waals surface area contributed by atoms with E-state index in [1.54, 1.807) is 0 Å². The van der Waals surface area contributed by atoms with Gasteiger partial charge in [-0.1, -0.05) is 6.07 Å². The van der Waals surface area contributed by atoms with E-state index in [4.69, 9.17) is 4.74 Å². The number of nitrogens with zero attached hydrogens (tertiary/aromatic N) is 1. The van der Waals surface area contributed by atoms with Crippen LogP contribution in [0, 0.1) is 6.92 Å². The average Bonchev–Trinajstić information content (AvgIpc) is 2.03. The molecule has 70 valence electrons. The van der Waals surface area contributed by atoms with E-state index in [1.165, 1.54) is 6.92 Å². The van der Waals surface area contributed by atoms with Gasteiger partial charge in [0.2, 0.25) is 0 Å². The van der Waals surface area contributed by atoms with Crippen molar-refractivity contribution in [2.24, 2.45) is 0 Å². The van der Waals surface area contributed by atoms with Gasteiger partial charge < -0.3 is 4.74 Å². The monoisotopic (exact) mass is 179 g/mol. The van der Waals surface area contributed by atoms with Crippen LogP contribution in [0.15, 0.2) is 18.2 Å². The van der Waals surface area contributed by atoms with Gasteiger partial charge in [-0.25, -0.2) is 0 Å². The lowest BCUT2D eigenvalue weighted by Gasteiger charge is -2.11. The van der Waals surface area contributed by atoms with Gasteiger partial charge in [0.25, 0.3) is 0 Å². The molecule has 1 atom stereocenters. The lowest BCUT2D eigenvalue weighted by atomic mass is 10.2. The number of pyridine rings is 1. The Kier molecular flexibility index (Phi) is 3.01. The molecule has 0 fully saturated rings. The van der Waals surface area contributed by atoms with Crippen LogP contribution in [0.5, 0.6) is 0 Å². The van der Waals surface area contributed by atoms with Crippen molar-refractivity contribution in [2.75, 3.05) is 0 Å². The van der Waals surface area contributed by atoms with Crippen molar-refractivity contribution in [1.29, 1.82) is 0 Å². The Morgan fingerprint density at radius 3 is 2.77 bits per heavy atom. The number of carbonyl (C=O) groups excluding carboxylic acids is 1. The van der Waals surface area contributed by atoms with E-state index >= 15 is 0 Å². The Labute approximate surface area is 77.8 Å². The summed E-state index contributed by atoms with van der Waals surface area (Å²) in [4.78, 5) is 14.9. The number of ether oxygens (including phenoxy) is 1. The topological polar surface area (TPSA) is 39.2 Å². The first-order chi connectivity index (χ1) is 6.09. The molecule has 0 bridgehead atoms. The van der Waals surface area contributed by atoms with Crippen LogP contribution in [-0.4, -0.2) is 11.0 Å². The van der Waals surface area contributed by atoms with Crippen LogP contribution in [0.3, 0.4) is 0 Å². The first-order valence-electron chi connectivity index (χ1n) is 4.20. The molecule has 1 heterocycles. The van der Waals surface area contributed by atoms with Crippen LogP contribution in [0.2, 0.25) is 0 Å². The van der Waals surface area contributed by atoms with Gasteiger partial charge in [-0.15, -0.1) is 0 Å². The normalized spacial score (nSPS) is 12.2. The third kappa shape index (κ3) is 2.86. The lowest BCUT2D eigenvalue weighted by Crippen LogP contribution is -2.06. The minimum absolute atomic E-state index is 0.266. The summed E-state index contributed by atoms with van der Waals surface area (Å²) in [5.41, 5.74) is 1.71. The summed E-state index contributed by atoms with van der Waals surface area (Å²) in [5.74, 6) is -0.282. The Hall–Kier alpha value is -1.38. The number of hydrogen-bond acceptors (Lipinski definition) is 3. The summed E-state index contributed by atoms with van der Waals surface area (Å²) < 4.78 is 4.99. The van der Waals surface area contributed by atoms with Gasteiger partial charge in [0, 0.05) is 12.6 Å². The molecule has 0 aliphatic carbocycles. The zero-order valence-electron chi connectivity index (χ0n) is 8.07. The zero-order valence-corrected chi connectivity index (χ0v) is 8.07. The average molecular weight is 179 g/mol. The molecule has 0 amide bonds. The van der Waals surface area contributed by atoms with Crippen LogP contribution < -0.4 is 0 Å². The van der Waals surface area contributed by atoms with Gasteiger partial charge in [0.1, 0.15) is 6.10 Å². The van der Waals surface area contributed by atoms with E-state index in [2.05, 4.69) is 4.98 Å². The molecule has 0 unspecified atom stereocenters. The van der Waals surface area contributed by atoms with Crippen molar-refractivity contribution in [1.82, 2.24) is 4.98 Å². The molecule has 0 N–H and O–H groups in total. The Bertz CT molecular complexity index is 310. The number of esters is 1. The fourth-order valence-corrected chi connectivity index (χ4v) is 1.10. The summed E-state index contributed by atoms with van der Waals surface area (Å²) in [6.45, 7) is 5.11. The third-order valence-electron chi connectivity index (χ3n) is 1.67. The maximum absolute atomic E-state index is 10.7. The molecular formula is C10H13NO2. The van der Waals surface area contributed by atoms with Crippen LogP contribution >= 0.6 is 0 Å². The molecule has 0 spiro atoms. The van der Waals surface area contributed by atoms with Gasteiger partial charge in [-0.05, 0) is 26.0 Å². The number of rotatable bonds is 2. The predicted octanol–water partition coefficient (Wildman–Crippen LogP) is 2.01. The number of hydrogen-bond donors (Lipinski definition) is 0. The van der Waals surface area contributed by atoms with Crippen molar-refractivity contribution < 1.29 is 9.53 Å². The van der Waals surface area contributed by atoms with Crippen LogP contribution in [0.1, 0.15) is 31.3 Å². The van der Waals surface area contributed by atoms with Crippen molar-refractivity contribution in [3.8, 4) is 0 Å². The van der Waals surface area contributed by atoms with E-state index in [0.29, 0.717) is 0 Å². The van der Waals surface area contributed by atoms with Crippen LogP contribution in [0.25, 0.3) is 0 Å². The minimum atomic E-state index is -0.282. The molecule has 0 aromatic carbocycles. The van der Waals surface area contributed by atoms with E-state index in [0.717, 1.165) is 11.4 Å². The third-order valence-corrected chi connectivity index (χ3v) is 1.67. The molecule has 3 heteroatoms. The highest BCUT2D eigenvalue weighted by Gasteiger charge is 2.09. The van der Waals surface area contributed by atoms with Crippen molar-refractivity contribution in [2.45, 2.75) is 26.9 Å². The van der Waals surface area contributed by atoms with Crippen molar-refractivity contribution >= 4 is 5.97 Å². The first kappa shape index (κ1) is 9.71. The van der Waals surface area contributed by atoms with E-state index in [-0.39, 0.29) is 12.1 Å². The summed E-state index contributed by atoms with van der Waals surface area (Å²) in [6, 6.07) is 5.66. The Morgan fingerprint density at radius 2 is 2.23 bits per heavy atom. The summed E-state index contributed by atoms with van der Waals surface area (Å²) in [6.07, 6.45) is -0.266. The quantitative estimate of drug-likeness (QED) is 0.652. The lowest BCUT2D eigenvalue weighted by molar-refractivity contribution is -0.145. The van der Waals surface area contributed by atoms with Crippen LogP contribution in [0.4, 0.5) is 0 Å². The molecule has 3 nitrogen and oxygen atoms in total. The molecule has 0 radical (unpaired) electrons. The molecule has 0 aliphatic rings.